The van der Waals surface area contributed by atoms with Crippen molar-refractivity contribution in [1.82, 2.24) is 10.2 Å². The molecule has 0 saturated carbocycles. The number of rotatable bonds is 11. The number of aliphatic carboxylic acids is 1. The van der Waals surface area contributed by atoms with Crippen LogP contribution >= 0.6 is 23.1 Å². The fraction of sp³-hybridized carbons (Fsp3) is 0.692. The Morgan fingerprint density at radius 2 is 1.90 bits per heavy atom. The van der Waals surface area contributed by atoms with E-state index in [0.717, 1.165) is 24.6 Å². The molecule has 0 aliphatic heterocycles. The van der Waals surface area contributed by atoms with Crippen molar-refractivity contribution >= 4 is 40.1 Å². The molecule has 2 N–H and O–H groups in total. The van der Waals surface area contributed by atoms with Gasteiger partial charge in [0.2, 0.25) is 11.0 Å². The fourth-order valence-corrected chi connectivity index (χ4v) is 3.18. The molecule has 0 aliphatic carbocycles. The van der Waals surface area contributed by atoms with Crippen LogP contribution in [0.25, 0.3) is 0 Å². The van der Waals surface area contributed by atoms with E-state index in [2.05, 4.69) is 22.4 Å². The molecule has 1 aromatic heterocycles. The zero-order chi connectivity index (χ0) is 15.5. The molecule has 1 heterocycles. The molecule has 0 unspecified atom stereocenters. The van der Waals surface area contributed by atoms with Crippen molar-refractivity contribution in [3.8, 4) is 0 Å². The summed E-state index contributed by atoms with van der Waals surface area (Å²) in [4.78, 5) is 22.1. The van der Waals surface area contributed by atoms with E-state index in [1.54, 1.807) is 0 Å². The normalized spacial score (nSPS) is 10.5. The van der Waals surface area contributed by atoms with E-state index in [1.165, 1.54) is 37.0 Å². The van der Waals surface area contributed by atoms with Crippen LogP contribution in [0.2, 0.25) is 0 Å². The van der Waals surface area contributed by atoms with E-state index in [0.29, 0.717) is 15.9 Å². The average Bonchev–Trinajstić information content (AvgIpc) is 2.88. The zero-order valence-corrected chi connectivity index (χ0v) is 13.8. The molecule has 0 aromatic carbocycles. The van der Waals surface area contributed by atoms with E-state index in [-0.39, 0.29) is 11.7 Å². The highest BCUT2D eigenvalue weighted by Crippen LogP contribution is 2.25. The quantitative estimate of drug-likeness (QED) is 0.367. The van der Waals surface area contributed by atoms with Gasteiger partial charge in [0.25, 0.3) is 0 Å². The second kappa shape index (κ2) is 10.6. The highest BCUT2D eigenvalue weighted by Gasteiger charge is 2.09. The van der Waals surface area contributed by atoms with Crippen molar-refractivity contribution in [3.63, 3.8) is 0 Å². The summed E-state index contributed by atoms with van der Waals surface area (Å²) in [5.41, 5.74) is 0. The SMILES string of the molecule is CCCCCCCCC(=O)Nc1nnc(SCC(=O)O)s1. The molecule has 0 radical (unpaired) electrons. The van der Waals surface area contributed by atoms with E-state index in [4.69, 9.17) is 5.11 Å². The molecular weight excluding hydrogens is 310 g/mol. The molecule has 8 heteroatoms. The Balaban J connectivity index is 2.17. The van der Waals surface area contributed by atoms with Gasteiger partial charge < -0.3 is 10.4 Å². The lowest BCUT2D eigenvalue weighted by Gasteiger charge is -2.01. The van der Waals surface area contributed by atoms with Crippen LogP contribution in [-0.4, -0.2) is 32.9 Å². The molecule has 0 fully saturated rings. The maximum Gasteiger partial charge on any atom is 0.313 e. The molecule has 118 valence electrons. The topological polar surface area (TPSA) is 92.2 Å². The first-order chi connectivity index (χ1) is 10.1. The first-order valence-electron chi connectivity index (χ1n) is 7.09. The Morgan fingerprint density at radius 3 is 2.62 bits per heavy atom. The minimum absolute atomic E-state index is 0.0552. The summed E-state index contributed by atoms with van der Waals surface area (Å²) in [6.07, 6.45) is 7.34. The van der Waals surface area contributed by atoms with Crippen molar-refractivity contribution < 1.29 is 14.7 Å². The van der Waals surface area contributed by atoms with E-state index in [1.807, 2.05) is 0 Å². The maximum absolute atomic E-state index is 11.7. The van der Waals surface area contributed by atoms with Gasteiger partial charge in [-0.1, -0.05) is 62.1 Å². The minimum Gasteiger partial charge on any atom is -0.481 e. The number of carbonyl (C=O) groups excluding carboxylic acids is 1. The summed E-state index contributed by atoms with van der Waals surface area (Å²) in [5.74, 6) is -1.01. The lowest BCUT2D eigenvalue weighted by Crippen LogP contribution is -2.10. The first kappa shape index (κ1) is 17.9. The molecule has 0 atom stereocenters. The third kappa shape index (κ3) is 8.67. The predicted octanol–water partition coefficient (Wildman–Crippen LogP) is 3.40. The highest BCUT2D eigenvalue weighted by molar-refractivity contribution is 8.01. The summed E-state index contributed by atoms with van der Waals surface area (Å²) in [5, 5.41) is 19.3. The van der Waals surface area contributed by atoms with Gasteiger partial charge in [0.15, 0.2) is 4.34 Å². The van der Waals surface area contributed by atoms with E-state index >= 15 is 0 Å². The number of carboxylic acid groups (broad SMARTS) is 1. The largest absolute Gasteiger partial charge is 0.481 e. The van der Waals surface area contributed by atoms with Crippen LogP contribution in [0.5, 0.6) is 0 Å². The van der Waals surface area contributed by atoms with Gasteiger partial charge in [0.1, 0.15) is 0 Å². The number of nitrogens with zero attached hydrogens (tertiary/aromatic N) is 2. The average molecular weight is 331 g/mol. The number of amides is 1. The number of hydrogen-bond donors (Lipinski definition) is 2. The third-order valence-corrected chi connectivity index (χ3v) is 4.69. The van der Waals surface area contributed by atoms with Gasteiger partial charge in [0.05, 0.1) is 5.75 Å². The van der Waals surface area contributed by atoms with Gasteiger partial charge >= 0.3 is 5.97 Å². The van der Waals surface area contributed by atoms with Crippen molar-refractivity contribution in [2.45, 2.75) is 56.2 Å². The zero-order valence-electron chi connectivity index (χ0n) is 12.1. The van der Waals surface area contributed by atoms with Gasteiger partial charge in [-0.25, -0.2) is 0 Å². The maximum atomic E-state index is 11.7. The molecule has 1 aromatic rings. The van der Waals surface area contributed by atoms with Crippen molar-refractivity contribution in [2.75, 3.05) is 11.1 Å². The predicted molar refractivity (Wildman–Crippen MR) is 84.9 cm³/mol. The summed E-state index contributed by atoms with van der Waals surface area (Å²) in [6, 6.07) is 0. The fourth-order valence-electron chi connectivity index (χ4n) is 1.69. The van der Waals surface area contributed by atoms with Crippen LogP contribution in [-0.2, 0) is 9.59 Å². The molecule has 1 rings (SSSR count). The number of thioether (sulfide) groups is 1. The lowest BCUT2D eigenvalue weighted by molar-refractivity contribution is -0.133. The summed E-state index contributed by atoms with van der Waals surface area (Å²) >= 11 is 2.30. The number of nitrogens with one attached hydrogen (secondary N) is 1. The van der Waals surface area contributed by atoms with Crippen molar-refractivity contribution in [1.29, 1.82) is 0 Å². The molecular formula is C13H21N3O3S2. The highest BCUT2D eigenvalue weighted by atomic mass is 32.2. The lowest BCUT2D eigenvalue weighted by atomic mass is 10.1. The van der Waals surface area contributed by atoms with Crippen molar-refractivity contribution in [2.24, 2.45) is 0 Å². The third-order valence-electron chi connectivity index (χ3n) is 2.73. The Labute approximate surface area is 132 Å². The Hall–Kier alpha value is -1.15. The standard InChI is InChI=1S/C13H21N3O3S2/c1-2-3-4-5-6-7-8-10(17)14-12-15-16-13(21-12)20-9-11(18)19/h2-9H2,1H3,(H,18,19)(H,14,15,17). The number of aromatic nitrogens is 2. The Bertz CT molecular complexity index is 452. The molecule has 0 bridgehead atoms. The summed E-state index contributed by atoms with van der Waals surface area (Å²) in [6.45, 7) is 2.18. The smallest absolute Gasteiger partial charge is 0.313 e. The molecule has 1 amide bonds. The van der Waals surface area contributed by atoms with Crippen molar-refractivity contribution in [3.05, 3.63) is 0 Å². The monoisotopic (exact) mass is 331 g/mol. The van der Waals surface area contributed by atoms with E-state index < -0.39 is 5.97 Å². The number of carboxylic acids is 1. The second-order valence-corrected chi connectivity index (χ2v) is 6.82. The van der Waals surface area contributed by atoms with Gasteiger partial charge in [-0.15, -0.1) is 10.2 Å². The Morgan fingerprint density at radius 1 is 1.19 bits per heavy atom. The van der Waals surface area contributed by atoms with Gasteiger partial charge in [-0.2, -0.15) is 0 Å². The summed E-state index contributed by atoms with van der Waals surface area (Å²) in [7, 11) is 0. The summed E-state index contributed by atoms with van der Waals surface area (Å²) < 4.78 is 0.548. The second-order valence-electron chi connectivity index (χ2n) is 4.62. The van der Waals surface area contributed by atoms with Crippen LogP contribution in [0, 0.1) is 0 Å². The molecule has 0 saturated heterocycles. The first-order valence-corrected chi connectivity index (χ1v) is 8.90. The number of carbonyl (C=O) groups is 2. The van der Waals surface area contributed by atoms with Crippen LogP contribution in [0.1, 0.15) is 51.9 Å². The Kier molecular flexibility index (Phi) is 9.00. The number of hydrogen-bond acceptors (Lipinski definition) is 6. The molecule has 0 aliphatic rings. The van der Waals surface area contributed by atoms with Gasteiger partial charge in [-0.05, 0) is 6.42 Å². The number of unbranched alkanes of at least 4 members (excludes halogenated alkanes) is 5. The van der Waals surface area contributed by atoms with Gasteiger partial charge in [-0.3, -0.25) is 9.59 Å². The van der Waals surface area contributed by atoms with Crippen LogP contribution in [0.4, 0.5) is 5.13 Å². The number of anilines is 1. The van der Waals surface area contributed by atoms with Crippen LogP contribution in [0.3, 0.4) is 0 Å². The van der Waals surface area contributed by atoms with E-state index in [9.17, 15) is 9.59 Å². The van der Waals surface area contributed by atoms with Crippen LogP contribution in [0.15, 0.2) is 4.34 Å². The van der Waals surface area contributed by atoms with Gasteiger partial charge in [0, 0.05) is 6.42 Å². The van der Waals surface area contributed by atoms with Crippen LogP contribution < -0.4 is 5.32 Å². The molecule has 0 spiro atoms. The minimum atomic E-state index is -0.899. The molecule has 21 heavy (non-hydrogen) atoms. The molecule has 6 nitrogen and oxygen atoms in total.